The minimum Gasteiger partial charge on any atom is -0.349 e. The van der Waals surface area contributed by atoms with Crippen molar-refractivity contribution >= 4 is 17.4 Å². The summed E-state index contributed by atoms with van der Waals surface area (Å²) in [6, 6.07) is 0. The highest BCUT2D eigenvalue weighted by molar-refractivity contribution is 6.28. The van der Waals surface area contributed by atoms with Crippen molar-refractivity contribution in [2.75, 3.05) is 19.6 Å². The fraction of sp³-hybridized carbons (Fsp3) is 0.444. The molecule has 17 heavy (non-hydrogen) atoms. The molecule has 0 atom stereocenters. The van der Waals surface area contributed by atoms with E-state index in [0.29, 0.717) is 25.5 Å². The summed E-state index contributed by atoms with van der Waals surface area (Å²) in [5, 5.41) is 10.6. The molecule has 0 aromatic carbocycles. The third-order valence-corrected chi connectivity index (χ3v) is 2.54. The van der Waals surface area contributed by atoms with Crippen molar-refractivity contribution in [3.63, 3.8) is 0 Å². The van der Waals surface area contributed by atoms with Gasteiger partial charge in [0.25, 0.3) is 6.54 Å². The summed E-state index contributed by atoms with van der Waals surface area (Å²) in [5.41, 5.74) is 0.854. The van der Waals surface area contributed by atoms with E-state index in [0.717, 1.165) is 5.56 Å². The Morgan fingerprint density at radius 1 is 1.47 bits per heavy atom. The second kappa shape index (κ2) is 5.05. The molecule has 7 nitrogen and oxygen atoms in total. The Kier molecular flexibility index (Phi) is 3.48. The second-order valence-corrected chi connectivity index (χ2v) is 3.91. The highest BCUT2D eigenvalue weighted by Crippen LogP contribution is 2.09. The van der Waals surface area contributed by atoms with Crippen LogP contribution >= 0.6 is 11.6 Å². The Bertz CT molecular complexity index is 447. The normalized spacial score (nSPS) is 14.9. The van der Waals surface area contributed by atoms with Gasteiger partial charge in [-0.1, -0.05) is 0 Å². The lowest BCUT2D eigenvalue weighted by Gasteiger charge is -2.17. The van der Waals surface area contributed by atoms with E-state index in [1.807, 2.05) is 4.90 Å². The van der Waals surface area contributed by atoms with Gasteiger partial charge in [-0.3, -0.25) is 15.1 Å². The number of aliphatic imine (C=N–C) groups is 1. The van der Waals surface area contributed by atoms with Gasteiger partial charge in [-0.2, -0.15) is 0 Å². The van der Waals surface area contributed by atoms with E-state index in [-0.39, 0.29) is 16.8 Å². The van der Waals surface area contributed by atoms with Crippen LogP contribution in [0.2, 0.25) is 5.28 Å². The van der Waals surface area contributed by atoms with Crippen LogP contribution in [0.4, 0.5) is 0 Å². The number of halogens is 1. The van der Waals surface area contributed by atoms with E-state index >= 15 is 0 Å². The van der Waals surface area contributed by atoms with Gasteiger partial charge in [0, 0.05) is 36.0 Å². The monoisotopic (exact) mass is 255 g/mol. The molecule has 2 heterocycles. The molecule has 1 aromatic rings. The maximum atomic E-state index is 10.5. The number of nitro groups is 1. The molecule has 0 amide bonds. The van der Waals surface area contributed by atoms with E-state index in [2.05, 4.69) is 15.0 Å². The summed E-state index contributed by atoms with van der Waals surface area (Å²) < 4.78 is 0. The van der Waals surface area contributed by atoms with Crippen molar-refractivity contribution < 1.29 is 4.92 Å². The lowest BCUT2D eigenvalue weighted by Crippen LogP contribution is -2.32. The number of rotatable bonds is 4. The highest BCUT2D eigenvalue weighted by atomic mass is 35.5. The standard InChI is InChI=1S/C9H10ClN5O2/c10-9-12-3-7(4-13-9)5-14-2-1-11-8(14)6-15(16)17/h3-4H,1-2,5-6H2. The number of hydrogen-bond acceptors (Lipinski definition) is 6. The minimum atomic E-state index is -0.379. The van der Waals surface area contributed by atoms with Gasteiger partial charge in [0.1, 0.15) is 0 Å². The van der Waals surface area contributed by atoms with E-state index in [9.17, 15) is 10.1 Å². The maximum absolute atomic E-state index is 10.5. The SMILES string of the molecule is O=[N+]([O-])CC1=NCCN1Cc1cnc(Cl)nc1. The molecule has 0 N–H and O–H groups in total. The van der Waals surface area contributed by atoms with Crippen LogP contribution in [-0.4, -0.2) is 45.3 Å². The van der Waals surface area contributed by atoms with E-state index in [1.54, 1.807) is 12.4 Å². The van der Waals surface area contributed by atoms with Crippen LogP contribution in [0.25, 0.3) is 0 Å². The molecule has 0 aliphatic carbocycles. The second-order valence-electron chi connectivity index (χ2n) is 3.57. The third-order valence-electron chi connectivity index (χ3n) is 2.35. The number of hydrogen-bond donors (Lipinski definition) is 0. The molecule has 0 fully saturated rings. The van der Waals surface area contributed by atoms with Crippen molar-refractivity contribution in [2.45, 2.75) is 6.54 Å². The van der Waals surface area contributed by atoms with Crippen LogP contribution in [0.5, 0.6) is 0 Å². The summed E-state index contributed by atoms with van der Waals surface area (Å²) in [6.45, 7) is 1.56. The molecule has 1 aliphatic rings. The van der Waals surface area contributed by atoms with Crippen LogP contribution in [0.1, 0.15) is 5.56 Å². The zero-order valence-corrected chi connectivity index (χ0v) is 9.67. The first-order valence-corrected chi connectivity index (χ1v) is 5.39. The molecule has 0 unspecified atom stereocenters. The first-order valence-electron chi connectivity index (χ1n) is 5.01. The summed E-state index contributed by atoms with van der Waals surface area (Å²) >= 11 is 5.58. The Hall–Kier alpha value is -1.76. The van der Waals surface area contributed by atoms with Crippen LogP contribution in [0.15, 0.2) is 17.4 Å². The first kappa shape index (κ1) is 11.7. The molecule has 8 heteroatoms. The quantitative estimate of drug-likeness (QED) is 0.447. The largest absolute Gasteiger partial charge is 0.349 e. The number of nitrogens with zero attached hydrogens (tertiary/aromatic N) is 5. The molecular weight excluding hydrogens is 246 g/mol. The lowest BCUT2D eigenvalue weighted by molar-refractivity contribution is -0.464. The van der Waals surface area contributed by atoms with Gasteiger partial charge in [-0.15, -0.1) is 0 Å². The number of amidine groups is 1. The average Bonchev–Trinajstić information content (AvgIpc) is 2.68. The fourth-order valence-electron chi connectivity index (χ4n) is 1.61. The summed E-state index contributed by atoms with van der Waals surface area (Å²) in [6.07, 6.45) is 3.22. The van der Waals surface area contributed by atoms with Gasteiger partial charge in [0.05, 0.1) is 6.54 Å². The Morgan fingerprint density at radius 2 is 2.18 bits per heavy atom. The van der Waals surface area contributed by atoms with Gasteiger partial charge in [-0.05, 0) is 11.6 Å². The average molecular weight is 256 g/mol. The smallest absolute Gasteiger partial charge is 0.260 e. The molecule has 2 rings (SSSR count). The molecule has 0 saturated heterocycles. The zero-order valence-electron chi connectivity index (χ0n) is 8.91. The molecule has 0 saturated carbocycles. The topological polar surface area (TPSA) is 84.5 Å². The molecular formula is C9H10ClN5O2. The van der Waals surface area contributed by atoms with Crippen LogP contribution < -0.4 is 0 Å². The van der Waals surface area contributed by atoms with Crippen molar-refractivity contribution in [2.24, 2.45) is 4.99 Å². The van der Waals surface area contributed by atoms with Crippen LogP contribution in [0.3, 0.4) is 0 Å². The van der Waals surface area contributed by atoms with E-state index in [4.69, 9.17) is 11.6 Å². The summed E-state index contributed by atoms with van der Waals surface area (Å²) in [4.78, 5) is 23.8. The fourth-order valence-corrected chi connectivity index (χ4v) is 1.70. The molecule has 90 valence electrons. The molecule has 0 spiro atoms. The zero-order chi connectivity index (χ0) is 12.3. The first-order chi connectivity index (χ1) is 8.15. The molecule has 1 aromatic heterocycles. The van der Waals surface area contributed by atoms with Gasteiger partial charge in [-0.25, -0.2) is 9.97 Å². The van der Waals surface area contributed by atoms with Gasteiger partial charge in [0.2, 0.25) is 5.28 Å². The Balaban J connectivity index is 2.01. The van der Waals surface area contributed by atoms with Crippen molar-refractivity contribution in [1.82, 2.24) is 14.9 Å². The number of aromatic nitrogens is 2. The lowest BCUT2D eigenvalue weighted by atomic mass is 10.3. The third kappa shape index (κ3) is 3.10. The molecule has 0 bridgehead atoms. The van der Waals surface area contributed by atoms with Crippen molar-refractivity contribution in [1.29, 1.82) is 0 Å². The van der Waals surface area contributed by atoms with Gasteiger partial charge >= 0.3 is 0 Å². The minimum absolute atomic E-state index is 0.189. The molecule has 0 radical (unpaired) electrons. The predicted octanol–water partition coefficient (Wildman–Crippen LogP) is 0.621. The summed E-state index contributed by atoms with van der Waals surface area (Å²) in [5.74, 6) is 0.505. The van der Waals surface area contributed by atoms with Crippen LogP contribution in [0, 0.1) is 10.1 Å². The molecule has 1 aliphatic heterocycles. The van der Waals surface area contributed by atoms with Gasteiger partial charge in [0.15, 0.2) is 5.84 Å². The van der Waals surface area contributed by atoms with E-state index < -0.39 is 0 Å². The van der Waals surface area contributed by atoms with Crippen LogP contribution in [-0.2, 0) is 6.54 Å². The predicted molar refractivity (Wildman–Crippen MR) is 61.6 cm³/mol. The van der Waals surface area contributed by atoms with Gasteiger partial charge < -0.3 is 4.90 Å². The van der Waals surface area contributed by atoms with E-state index in [1.165, 1.54) is 0 Å². The highest BCUT2D eigenvalue weighted by Gasteiger charge is 2.21. The Morgan fingerprint density at radius 3 is 2.82 bits per heavy atom. The van der Waals surface area contributed by atoms with Crippen molar-refractivity contribution in [3.8, 4) is 0 Å². The summed E-state index contributed by atoms with van der Waals surface area (Å²) in [7, 11) is 0. The van der Waals surface area contributed by atoms with Crippen molar-refractivity contribution in [3.05, 3.63) is 33.4 Å². The maximum Gasteiger partial charge on any atom is 0.260 e. The Labute approximate surface area is 102 Å².